The minimum Gasteiger partial charge on any atom is -0.306 e. The predicted octanol–water partition coefficient (Wildman–Crippen LogP) is 0.342. The van der Waals surface area contributed by atoms with E-state index in [9.17, 15) is 0 Å². The molecule has 0 bridgehead atoms. The van der Waals surface area contributed by atoms with Gasteiger partial charge in [0.2, 0.25) is 0 Å². The van der Waals surface area contributed by atoms with Gasteiger partial charge < -0.3 is 10.2 Å². The maximum absolute atomic E-state index is 4.46. The van der Waals surface area contributed by atoms with E-state index < -0.39 is 0 Å². The molecule has 3 heterocycles. The van der Waals surface area contributed by atoms with Crippen LogP contribution >= 0.6 is 0 Å². The normalized spacial score (nSPS) is 31.1. The van der Waals surface area contributed by atoms with Crippen molar-refractivity contribution in [3.63, 3.8) is 0 Å². The molecule has 0 aliphatic carbocycles. The van der Waals surface area contributed by atoms with Crippen LogP contribution in [0.15, 0.2) is 24.4 Å². The Morgan fingerprint density at radius 1 is 1.29 bits per heavy atom. The summed E-state index contributed by atoms with van der Waals surface area (Å²) in [6.07, 6.45) is 1.88. The third kappa shape index (κ3) is 2.34. The van der Waals surface area contributed by atoms with E-state index in [2.05, 4.69) is 39.3 Å². The number of fused-ring (bicyclic) bond motifs is 1. The molecule has 3 rings (SSSR count). The van der Waals surface area contributed by atoms with E-state index in [1.165, 1.54) is 25.3 Å². The number of aromatic nitrogens is 1. The molecular weight excluding hydrogens is 212 g/mol. The second-order valence-electron chi connectivity index (χ2n) is 5.13. The van der Waals surface area contributed by atoms with Gasteiger partial charge in [-0.25, -0.2) is 0 Å². The van der Waals surface area contributed by atoms with Crippen LogP contribution in [0.5, 0.6) is 0 Å². The second-order valence-corrected chi connectivity index (χ2v) is 5.13. The summed E-state index contributed by atoms with van der Waals surface area (Å²) >= 11 is 0. The van der Waals surface area contributed by atoms with Crippen LogP contribution < -0.4 is 5.32 Å². The summed E-state index contributed by atoms with van der Waals surface area (Å²) in [4.78, 5) is 9.48. The smallest absolute Gasteiger partial charge is 0.0625 e. The Kier molecular flexibility index (Phi) is 3.09. The summed E-state index contributed by atoms with van der Waals surface area (Å²) < 4.78 is 0. The van der Waals surface area contributed by atoms with Crippen LogP contribution in [0.2, 0.25) is 0 Å². The van der Waals surface area contributed by atoms with Gasteiger partial charge >= 0.3 is 0 Å². The molecule has 0 spiro atoms. The maximum atomic E-state index is 4.46. The summed E-state index contributed by atoms with van der Waals surface area (Å²) in [5.74, 6) is 0. The highest BCUT2D eigenvalue weighted by Gasteiger charge is 2.32. The van der Waals surface area contributed by atoms with Gasteiger partial charge in [-0.05, 0) is 19.2 Å². The Morgan fingerprint density at radius 2 is 2.24 bits per heavy atom. The summed E-state index contributed by atoms with van der Waals surface area (Å²) in [7, 11) is 2.21. The van der Waals surface area contributed by atoms with Gasteiger partial charge in [0, 0.05) is 45.0 Å². The average molecular weight is 232 g/mol. The number of nitrogens with one attached hydrogen (secondary N) is 1. The standard InChI is InChI=1S/C13H20N4/c1-16-6-7-17-10-13(15-8-11(17)9-16)12-4-2-3-5-14-12/h2-5,11,13,15H,6-10H2,1H3. The molecule has 2 saturated heterocycles. The van der Waals surface area contributed by atoms with E-state index in [1.807, 2.05) is 12.3 Å². The molecule has 92 valence electrons. The van der Waals surface area contributed by atoms with Crippen molar-refractivity contribution in [1.29, 1.82) is 0 Å². The first-order valence-corrected chi connectivity index (χ1v) is 6.40. The van der Waals surface area contributed by atoms with Crippen molar-refractivity contribution >= 4 is 0 Å². The Hall–Kier alpha value is -0.970. The van der Waals surface area contributed by atoms with E-state index in [1.54, 1.807) is 0 Å². The zero-order chi connectivity index (χ0) is 11.7. The molecule has 0 saturated carbocycles. The van der Waals surface area contributed by atoms with Gasteiger partial charge in [-0.15, -0.1) is 0 Å². The zero-order valence-corrected chi connectivity index (χ0v) is 10.3. The first-order chi connectivity index (χ1) is 8.33. The van der Waals surface area contributed by atoms with Crippen molar-refractivity contribution in [3.05, 3.63) is 30.1 Å². The summed E-state index contributed by atoms with van der Waals surface area (Å²) in [5, 5.41) is 3.62. The highest BCUT2D eigenvalue weighted by molar-refractivity contribution is 5.11. The van der Waals surface area contributed by atoms with E-state index in [0.717, 1.165) is 13.1 Å². The highest BCUT2D eigenvalue weighted by Crippen LogP contribution is 2.20. The van der Waals surface area contributed by atoms with Gasteiger partial charge in [0.15, 0.2) is 0 Å². The Bertz CT molecular complexity index is 367. The Morgan fingerprint density at radius 3 is 3.06 bits per heavy atom. The lowest BCUT2D eigenvalue weighted by Crippen LogP contribution is -2.61. The third-order valence-electron chi connectivity index (χ3n) is 3.87. The second kappa shape index (κ2) is 4.72. The minimum atomic E-state index is 0.399. The monoisotopic (exact) mass is 232 g/mol. The summed E-state index contributed by atoms with van der Waals surface area (Å²) in [6.45, 7) is 5.72. The van der Waals surface area contributed by atoms with E-state index in [-0.39, 0.29) is 0 Å². The molecular formula is C13H20N4. The molecule has 0 aromatic carbocycles. The third-order valence-corrected chi connectivity index (χ3v) is 3.87. The van der Waals surface area contributed by atoms with E-state index >= 15 is 0 Å². The first kappa shape index (κ1) is 11.1. The number of rotatable bonds is 1. The number of piperazine rings is 2. The van der Waals surface area contributed by atoms with Crippen LogP contribution in [0.25, 0.3) is 0 Å². The Labute approximate surface area is 103 Å². The van der Waals surface area contributed by atoms with Gasteiger partial charge in [-0.3, -0.25) is 9.88 Å². The van der Waals surface area contributed by atoms with E-state index in [0.29, 0.717) is 12.1 Å². The Balaban J connectivity index is 1.68. The van der Waals surface area contributed by atoms with Crippen molar-refractivity contribution in [3.8, 4) is 0 Å². The molecule has 2 aliphatic heterocycles. The molecule has 2 atom stereocenters. The maximum Gasteiger partial charge on any atom is 0.0625 e. The molecule has 2 aliphatic rings. The fraction of sp³-hybridized carbons (Fsp3) is 0.615. The van der Waals surface area contributed by atoms with Crippen molar-refractivity contribution in [2.24, 2.45) is 0 Å². The van der Waals surface area contributed by atoms with Crippen LogP contribution in [-0.4, -0.2) is 60.6 Å². The number of likely N-dealkylation sites (N-methyl/N-ethyl adjacent to an activating group) is 1. The summed E-state index contributed by atoms with van der Waals surface area (Å²) in [6, 6.07) is 7.24. The topological polar surface area (TPSA) is 31.4 Å². The fourth-order valence-corrected chi connectivity index (χ4v) is 2.84. The van der Waals surface area contributed by atoms with Gasteiger partial charge in [-0.2, -0.15) is 0 Å². The molecule has 0 radical (unpaired) electrons. The predicted molar refractivity (Wildman–Crippen MR) is 67.8 cm³/mol. The molecule has 2 fully saturated rings. The summed E-state index contributed by atoms with van der Waals surface area (Å²) in [5.41, 5.74) is 1.17. The largest absolute Gasteiger partial charge is 0.306 e. The molecule has 4 heteroatoms. The lowest BCUT2D eigenvalue weighted by Gasteiger charge is -2.45. The molecule has 1 N–H and O–H groups in total. The average Bonchev–Trinajstić information content (AvgIpc) is 2.39. The fourth-order valence-electron chi connectivity index (χ4n) is 2.84. The number of pyridine rings is 1. The zero-order valence-electron chi connectivity index (χ0n) is 10.3. The molecule has 17 heavy (non-hydrogen) atoms. The van der Waals surface area contributed by atoms with Crippen molar-refractivity contribution < 1.29 is 0 Å². The quantitative estimate of drug-likeness (QED) is 0.757. The van der Waals surface area contributed by atoms with Gasteiger partial charge in [-0.1, -0.05) is 6.07 Å². The van der Waals surface area contributed by atoms with Gasteiger partial charge in [0.25, 0.3) is 0 Å². The highest BCUT2D eigenvalue weighted by atomic mass is 15.3. The minimum absolute atomic E-state index is 0.399. The van der Waals surface area contributed by atoms with Crippen LogP contribution in [0, 0.1) is 0 Å². The van der Waals surface area contributed by atoms with E-state index in [4.69, 9.17) is 0 Å². The van der Waals surface area contributed by atoms with Gasteiger partial charge in [0.05, 0.1) is 11.7 Å². The van der Waals surface area contributed by atoms with Crippen LogP contribution in [-0.2, 0) is 0 Å². The van der Waals surface area contributed by atoms with Crippen LogP contribution in [0.3, 0.4) is 0 Å². The first-order valence-electron chi connectivity index (χ1n) is 6.40. The molecule has 1 aromatic rings. The lowest BCUT2D eigenvalue weighted by molar-refractivity contribution is 0.0531. The lowest BCUT2D eigenvalue weighted by atomic mass is 10.0. The van der Waals surface area contributed by atoms with Gasteiger partial charge in [0.1, 0.15) is 0 Å². The number of hydrogen-bond acceptors (Lipinski definition) is 4. The van der Waals surface area contributed by atoms with Crippen molar-refractivity contribution in [1.82, 2.24) is 20.1 Å². The van der Waals surface area contributed by atoms with Crippen LogP contribution in [0.1, 0.15) is 11.7 Å². The molecule has 2 unspecified atom stereocenters. The molecule has 1 aromatic heterocycles. The number of hydrogen-bond donors (Lipinski definition) is 1. The van der Waals surface area contributed by atoms with Crippen molar-refractivity contribution in [2.45, 2.75) is 12.1 Å². The molecule has 0 amide bonds. The SMILES string of the molecule is CN1CCN2CC(c3ccccn3)NCC2C1. The van der Waals surface area contributed by atoms with Crippen LogP contribution in [0.4, 0.5) is 0 Å². The molecule has 4 nitrogen and oxygen atoms in total. The number of nitrogens with zero attached hydrogens (tertiary/aromatic N) is 3. The van der Waals surface area contributed by atoms with Crippen molar-refractivity contribution in [2.75, 3.05) is 39.8 Å².